The number of para-hydroxylation sites is 1. The Morgan fingerprint density at radius 2 is 1.85 bits per heavy atom. The van der Waals surface area contributed by atoms with Gasteiger partial charge in [-0.05, 0) is 50.5 Å². The van der Waals surface area contributed by atoms with Crippen molar-refractivity contribution in [2.75, 3.05) is 5.75 Å². The van der Waals surface area contributed by atoms with Crippen LogP contribution in [0.5, 0.6) is 0 Å². The summed E-state index contributed by atoms with van der Waals surface area (Å²) in [4.78, 5) is 15.0. The summed E-state index contributed by atoms with van der Waals surface area (Å²) in [6.07, 6.45) is 1.95. The minimum atomic E-state index is 0.00183. The Balaban J connectivity index is 1.29. The van der Waals surface area contributed by atoms with E-state index in [0.29, 0.717) is 27.5 Å². The van der Waals surface area contributed by atoms with Crippen LogP contribution in [0.25, 0.3) is 17.1 Å². The quantitative estimate of drug-likeness (QED) is 0.323. The number of nitrogens with zero attached hydrogens (tertiary/aromatic N) is 6. The first-order valence-corrected chi connectivity index (χ1v) is 12.3. The molecule has 1 aliphatic carbocycles. The van der Waals surface area contributed by atoms with Crippen molar-refractivity contribution in [1.82, 2.24) is 29.9 Å². The standard InChI is InChI=1S/C24H23ClN6O2S/c1-15-7-3-6-10-20(15)31-16(2)26-29-24(31)34-14-22(32)30(17-11-12-17)13-21-27-28-23(33-21)18-8-4-5-9-19(18)25/h3-10,17H,11-14H2,1-2H3. The molecule has 0 bridgehead atoms. The molecule has 5 rings (SSSR count). The lowest BCUT2D eigenvalue weighted by atomic mass is 10.2. The van der Waals surface area contributed by atoms with E-state index in [4.69, 9.17) is 16.0 Å². The fourth-order valence-electron chi connectivity index (χ4n) is 3.75. The average molecular weight is 495 g/mol. The molecule has 34 heavy (non-hydrogen) atoms. The predicted octanol–water partition coefficient (Wildman–Crippen LogP) is 4.87. The highest BCUT2D eigenvalue weighted by Gasteiger charge is 2.34. The molecule has 4 aromatic rings. The third-order valence-electron chi connectivity index (χ3n) is 5.66. The van der Waals surface area contributed by atoms with Gasteiger partial charge in [0.05, 0.1) is 28.6 Å². The summed E-state index contributed by atoms with van der Waals surface area (Å²) in [5.41, 5.74) is 2.80. The number of hydrogen-bond donors (Lipinski definition) is 0. The van der Waals surface area contributed by atoms with Gasteiger partial charge in [-0.1, -0.05) is 53.7 Å². The number of carbonyl (C=O) groups excluding carboxylic acids is 1. The molecule has 2 heterocycles. The van der Waals surface area contributed by atoms with Gasteiger partial charge in [-0.15, -0.1) is 20.4 Å². The maximum Gasteiger partial charge on any atom is 0.249 e. The van der Waals surface area contributed by atoms with E-state index in [-0.39, 0.29) is 24.2 Å². The summed E-state index contributed by atoms with van der Waals surface area (Å²) in [6, 6.07) is 15.6. The van der Waals surface area contributed by atoms with Gasteiger partial charge in [-0.3, -0.25) is 9.36 Å². The molecule has 0 saturated heterocycles. The van der Waals surface area contributed by atoms with Gasteiger partial charge in [0.1, 0.15) is 5.82 Å². The number of aromatic nitrogens is 5. The fraction of sp³-hybridized carbons (Fsp3) is 0.292. The molecule has 0 unspecified atom stereocenters. The Kier molecular flexibility index (Phi) is 6.38. The van der Waals surface area contributed by atoms with E-state index in [0.717, 1.165) is 29.9 Å². The van der Waals surface area contributed by atoms with Crippen LogP contribution in [0.1, 0.15) is 30.1 Å². The number of carbonyl (C=O) groups is 1. The van der Waals surface area contributed by atoms with Gasteiger partial charge in [0.2, 0.25) is 17.7 Å². The van der Waals surface area contributed by atoms with Crippen LogP contribution < -0.4 is 0 Å². The Morgan fingerprint density at radius 3 is 2.62 bits per heavy atom. The highest BCUT2D eigenvalue weighted by atomic mass is 35.5. The second-order valence-corrected chi connectivity index (χ2v) is 9.52. The van der Waals surface area contributed by atoms with Gasteiger partial charge in [-0.25, -0.2) is 0 Å². The van der Waals surface area contributed by atoms with Crippen molar-refractivity contribution in [3.8, 4) is 17.1 Å². The monoisotopic (exact) mass is 494 g/mol. The summed E-state index contributed by atoms with van der Waals surface area (Å²) in [6.45, 7) is 4.23. The first-order valence-electron chi connectivity index (χ1n) is 11.0. The maximum absolute atomic E-state index is 13.2. The number of halogens is 1. The normalized spacial score (nSPS) is 13.3. The summed E-state index contributed by atoms with van der Waals surface area (Å²) >= 11 is 7.63. The summed E-state index contributed by atoms with van der Waals surface area (Å²) < 4.78 is 7.82. The molecule has 0 atom stereocenters. The SMILES string of the molecule is Cc1ccccc1-n1c(C)nnc1SCC(=O)N(Cc1nnc(-c2ccccc2Cl)o1)C1CC1. The zero-order valence-corrected chi connectivity index (χ0v) is 20.4. The van der Waals surface area contributed by atoms with E-state index < -0.39 is 0 Å². The highest BCUT2D eigenvalue weighted by molar-refractivity contribution is 7.99. The molecule has 2 aromatic heterocycles. The zero-order chi connectivity index (χ0) is 23.7. The van der Waals surface area contributed by atoms with Crippen molar-refractivity contribution in [2.24, 2.45) is 0 Å². The molecule has 1 aliphatic rings. The third-order valence-corrected chi connectivity index (χ3v) is 6.90. The largest absolute Gasteiger partial charge is 0.419 e. The number of hydrogen-bond acceptors (Lipinski definition) is 7. The molecule has 1 fully saturated rings. The second-order valence-electron chi connectivity index (χ2n) is 8.17. The van der Waals surface area contributed by atoms with Crippen LogP contribution in [0.3, 0.4) is 0 Å². The van der Waals surface area contributed by atoms with Crippen molar-refractivity contribution in [3.05, 3.63) is 70.8 Å². The molecule has 0 spiro atoms. The van der Waals surface area contributed by atoms with Gasteiger partial charge < -0.3 is 9.32 Å². The van der Waals surface area contributed by atoms with Crippen LogP contribution in [0.2, 0.25) is 5.02 Å². The van der Waals surface area contributed by atoms with Crippen LogP contribution in [0.15, 0.2) is 58.1 Å². The molecule has 1 saturated carbocycles. The molecule has 0 aliphatic heterocycles. The third kappa shape index (κ3) is 4.71. The van der Waals surface area contributed by atoms with Crippen molar-refractivity contribution in [3.63, 3.8) is 0 Å². The highest BCUT2D eigenvalue weighted by Crippen LogP contribution is 2.31. The molecule has 10 heteroatoms. The molecular weight excluding hydrogens is 472 g/mol. The lowest BCUT2D eigenvalue weighted by Crippen LogP contribution is -2.34. The Labute approximate surface area is 206 Å². The van der Waals surface area contributed by atoms with E-state index in [1.807, 2.05) is 65.8 Å². The van der Waals surface area contributed by atoms with Gasteiger partial charge in [-0.2, -0.15) is 0 Å². The Bertz CT molecular complexity index is 1330. The Morgan fingerprint density at radius 1 is 1.09 bits per heavy atom. The smallest absolute Gasteiger partial charge is 0.249 e. The van der Waals surface area contributed by atoms with Gasteiger partial charge in [0, 0.05) is 6.04 Å². The molecule has 174 valence electrons. The number of rotatable bonds is 8. The van der Waals surface area contributed by atoms with Crippen molar-refractivity contribution < 1.29 is 9.21 Å². The first-order chi connectivity index (χ1) is 16.5. The molecule has 2 aromatic carbocycles. The fourth-order valence-corrected chi connectivity index (χ4v) is 4.84. The van der Waals surface area contributed by atoms with E-state index in [1.165, 1.54) is 11.8 Å². The van der Waals surface area contributed by atoms with Crippen LogP contribution in [0, 0.1) is 13.8 Å². The van der Waals surface area contributed by atoms with Crippen LogP contribution >= 0.6 is 23.4 Å². The van der Waals surface area contributed by atoms with Gasteiger partial charge in [0.25, 0.3) is 0 Å². The topological polar surface area (TPSA) is 89.9 Å². The lowest BCUT2D eigenvalue weighted by Gasteiger charge is -2.20. The van der Waals surface area contributed by atoms with E-state index in [1.54, 1.807) is 6.07 Å². The number of benzene rings is 2. The molecule has 8 nitrogen and oxygen atoms in total. The van der Waals surface area contributed by atoms with Gasteiger partial charge in [0.15, 0.2) is 5.16 Å². The van der Waals surface area contributed by atoms with E-state index in [9.17, 15) is 4.79 Å². The molecule has 0 N–H and O–H groups in total. The second kappa shape index (κ2) is 9.60. The van der Waals surface area contributed by atoms with E-state index in [2.05, 4.69) is 20.4 Å². The minimum Gasteiger partial charge on any atom is -0.419 e. The predicted molar refractivity (Wildman–Crippen MR) is 130 cm³/mol. The average Bonchev–Trinajstić information content (AvgIpc) is 3.46. The van der Waals surface area contributed by atoms with E-state index >= 15 is 0 Å². The van der Waals surface area contributed by atoms with Crippen molar-refractivity contribution >= 4 is 29.3 Å². The molecule has 0 radical (unpaired) electrons. The van der Waals surface area contributed by atoms with Crippen molar-refractivity contribution in [2.45, 2.75) is 44.4 Å². The number of amides is 1. The summed E-state index contributed by atoms with van der Waals surface area (Å²) in [5, 5.41) is 18.0. The molecule has 1 amide bonds. The first kappa shape index (κ1) is 22.6. The minimum absolute atomic E-state index is 0.00183. The Hall–Kier alpha value is -3.17. The van der Waals surface area contributed by atoms with Crippen molar-refractivity contribution in [1.29, 1.82) is 0 Å². The van der Waals surface area contributed by atoms with Crippen LogP contribution in [-0.2, 0) is 11.3 Å². The zero-order valence-electron chi connectivity index (χ0n) is 18.8. The summed E-state index contributed by atoms with van der Waals surface area (Å²) in [5.74, 6) is 1.76. The lowest BCUT2D eigenvalue weighted by molar-refractivity contribution is -0.129. The van der Waals surface area contributed by atoms with Gasteiger partial charge >= 0.3 is 0 Å². The van der Waals surface area contributed by atoms with Crippen LogP contribution in [0.4, 0.5) is 0 Å². The number of thioether (sulfide) groups is 1. The maximum atomic E-state index is 13.2. The summed E-state index contributed by atoms with van der Waals surface area (Å²) in [7, 11) is 0. The number of aryl methyl sites for hydroxylation is 2. The van der Waals surface area contributed by atoms with Crippen LogP contribution in [-0.4, -0.2) is 47.6 Å². The molecular formula is C24H23ClN6O2S.